The number of fused-ring (bicyclic) bond motifs is 12. The Labute approximate surface area is 312 Å². The number of rotatable bonds is 0. The van der Waals surface area contributed by atoms with Crippen LogP contribution in [0.2, 0.25) is 0 Å². The summed E-state index contributed by atoms with van der Waals surface area (Å²) in [5.41, 5.74) is 12.9. The van der Waals surface area contributed by atoms with Gasteiger partial charge < -0.3 is 28.4 Å². The Balaban J connectivity index is 1.05. The molecule has 0 aliphatic carbocycles. The maximum absolute atomic E-state index is 6.83. The van der Waals surface area contributed by atoms with Gasteiger partial charge in [0.2, 0.25) is 0 Å². The SMILES string of the molecule is Cc1cc2c3c(c1)Oc1cc4c(cc1B3c1ccccc1O2)B1c2cc3c(cc2Oc2cc(C)cc(c21)O4)Oc1cc(C)cc2c1B3c1ccccc1O2. The molecule has 7 aromatic rings. The van der Waals surface area contributed by atoms with E-state index in [1.807, 2.05) is 12.1 Å². The summed E-state index contributed by atoms with van der Waals surface area (Å²) < 4.78 is 40.2. The maximum atomic E-state index is 6.83. The molecule has 252 valence electrons. The van der Waals surface area contributed by atoms with E-state index < -0.39 is 0 Å². The molecule has 9 heteroatoms. The lowest BCUT2D eigenvalue weighted by molar-refractivity contribution is 0.447. The first-order chi connectivity index (χ1) is 26.4. The third-order valence-electron chi connectivity index (χ3n) is 11.9. The highest BCUT2D eigenvalue weighted by Gasteiger charge is 2.47. The number of para-hydroxylation sites is 2. The fraction of sp³-hybridized carbons (Fsp3) is 0.0667. The zero-order valence-electron chi connectivity index (χ0n) is 29.6. The van der Waals surface area contributed by atoms with Gasteiger partial charge in [-0.25, -0.2) is 0 Å². The highest BCUT2D eigenvalue weighted by molar-refractivity contribution is 7.02. The third kappa shape index (κ3) is 3.73. The van der Waals surface area contributed by atoms with Crippen LogP contribution in [0, 0.1) is 20.8 Å². The van der Waals surface area contributed by atoms with Crippen molar-refractivity contribution < 1.29 is 28.4 Å². The van der Waals surface area contributed by atoms with Crippen molar-refractivity contribution in [2.75, 3.05) is 0 Å². The summed E-state index contributed by atoms with van der Waals surface area (Å²) in [5.74, 6) is 9.79. The molecule has 6 aliphatic rings. The van der Waals surface area contributed by atoms with E-state index in [2.05, 4.69) is 118 Å². The minimum absolute atomic E-state index is 0.0677. The third-order valence-corrected chi connectivity index (χ3v) is 11.9. The zero-order chi connectivity index (χ0) is 35.6. The fourth-order valence-electron chi connectivity index (χ4n) is 9.77. The number of hydrogen-bond donors (Lipinski definition) is 0. The van der Waals surface area contributed by atoms with Crippen LogP contribution in [-0.2, 0) is 0 Å². The molecule has 0 spiro atoms. The molecule has 0 bridgehead atoms. The number of ether oxygens (including phenoxy) is 6. The molecule has 13 rings (SSSR count). The largest absolute Gasteiger partial charge is 0.458 e. The highest BCUT2D eigenvalue weighted by atomic mass is 16.5. The second-order valence-corrected chi connectivity index (χ2v) is 15.4. The van der Waals surface area contributed by atoms with E-state index in [0.717, 1.165) is 135 Å². The average Bonchev–Trinajstić information content (AvgIpc) is 3.15. The molecule has 0 N–H and O–H groups in total. The van der Waals surface area contributed by atoms with Crippen molar-refractivity contribution in [3.05, 3.63) is 126 Å². The second-order valence-electron chi connectivity index (χ2n) is 15.4. The Bertz CT molecular complexity index is 2730. The summed E-state index contributed by atoms with van der Waals surface area (Å²) >= 11 is 0. The van der Waals surface area contributed by atoms with Crippen molar-refractivity contribution in [3.63, 3.8) is 0 Å². The van der Waals surface area contributed by atoms with Crippen LogP contribution < -0.4 is 77.6 Å². The Hall–Kier alpha value is -6.47. The zero-order valence-corrected chi connectivity index (χ0v) is 29.6. The summed E-state index contributed by atoms with van der Waals surface area (Å²) in [5, 5.41) is 0. The van der Waals surface area contributed by atoms with Crippen LogP contribution in [0.5, 0.6) is 69.0 Å². The van der Waals surface area contributed by atoms with Crippen molar-refractivity contribution >= 4 is 69.3 Å². The second kappa shape index (κ2) is 9.94. The summed E-state index contributed by atoms with van der Waals surface area (Å²) in [6.45, 7) is 5.93. The molecule has 0 fully saturated rings. The summed E-state index contributed by atoms with van der Waals surface area (Å²) in [6, 6.07) is 38.2. The lowest BCUT2D eigenvalue weighted by Crippen LogP contribution is -2.63. The molecule has 6 aliphatic heterocycles. The van der Waals surface area contributed by atoms with Gasteiger partial charge in [0.15, 0.2) is 0 Å². The molecule has 0 unspecified atom stereocenters. The van der Waals surface area contributed by atoms with Crippen LogP contribution in [0.4, 0.5) is 0 Å². The van der Waals surface area contributed by atoms with Gasteiger partial charge in [-0.2, -0.15) is 0 Å². The van der Waals surface area contributed by atoms with Gasteiger partial charge in [0, 0.05) is 28.5 Å². The van der Waals surface area contributed by atoms with Crippen molar-refractivity contribution in [1.29, 1.82) is 0 Å². The van der Waals surface area contributed by atoms with E-state index in [9.17, 15) is 0 Å². The topological polar surface area (TPSA) is 55.4 Å². The van der Waals surface area contributed by atoms with Gasteiger partial charge in [-0.3, -0.25) is 0 Å². The number of aryl methyl sites for hydroxylation is 3. The average molecular weight is 696 g/mol. The van der Waals surface area contributed by atoms with Gasteiger partial charge in [0.1, 0.15) is 69.0 Å². The van der Waals surface area contributed by atoms with E-state index in [4.69, 9.17) is 28.4 Å². The van der Waals surface area contributed by atoms with Gasteiger partial charge >= 0.3 is 0 Å². The lowest BCUT2D eigenvalue weighted by Gasteiger charge is -2.38. The molecule has 0 saturated heterocycles. The molecule has 0 atom stereocenters. The van der Waals surface area contributed by atoms with Gasteiger partial charge in [-0.05, 0) is 119 Å². The van der Waals surface area contributed by atoms with Crippen molar-refractivity contribution in [2.24, 2.45) is 0 Å². The molecule has 6 heterocycles. The van der Waals surface area contributed by atoms with Crippen LogP contribution in [0.1, 0.15) is 16.7 Å². The van der Waals surface area contributed by atoms with Gasteiger partial charge in [-0.1, -0.05) is 48.5 Å². The Kier molecular flexibility index (Phi) is 5.34. The molecule has 0 aromatic heterocycles. The number of hydrogen-bond acceptors (Lipinski definition) is 6. The first-order valence-electron chi connectivity index (χ1n) is 18.5. The first-order valence-corrected chi connectivity index (χ1v) is 18.5. The lowest BCUT2D eigenvalue weighted by atomic mass is 9.30. The van der Waals surface area contributed by atoms with E-state index in [1.54, 1.807) is 0 Å². The van der Waals surface area contributed by atoms with E-state index >= 15 is 0 Å². The monoisotopic (exact) mass is 696 g/mol. The smallest absolute Gasteiger partial charge is 0.260 e. The Morgan fingerprint density at radius 2 is 0.556 bits per heavy atom. The summed E-state index contributed by atoms with van der Waals surface area (Å²) in [4.78, 5) is 0. The molecule has 6 nitrogen and oxygen atoms in total. The highest BCUT2D eigenvalue weighted by Crippen LogP contribution is 2.42. The van der Waals surface area contributed by atoms with Crippen LogP contribution in [0.25, 0.3) is 0 Å². The predicted molar refractivity (Wildman–Crippen MR) is 214 cm³/mol. The van der Waals surface area contributed by atoms with E-state index in [1.165, 1.54) is 0 Å². The standard InChI is InChI=1S/C45H27B3O6/c1-22-12-37-43-39(14-22)51-33-20-35-29(18-27(33)46(43)25-8-4-6-10-31(25)49-37)48-30-19-28-34(21-36(30)54-42-17-24(3)16-41(53-35)45(42)48)52-40-15-23(2)13-38-44(40)47(28)26-9-5-7-11-32(26)50-38/h4-21H,1-3H3. The van der Waals surface area contributed by atoms with E-state index in [-0.39, 0.29) is 20.1 Å². The van der Waals surface area contributed by atoms with Gasteiger partial charge in [0.05, 0.1) is 0 Å². The van der Waals surface area contributed by atoms with Crippen LogP contribution in [-0.4, -0.2) is 20.1 Å². The molecule has 0 amide bonds. The molecule has 0 radical (unpaired) electrons. The summed E-state index contributed by atoms with van der Waals surface area (Å²) in [7, 11) is 0. The Morgan fingerprint density at radius 1 is 0.278 bits per heavy atom. The van der Waals surface area contributed by atoms with Gasteiger partial charge in [0.25, 0.3) is 20.1 Å². The first kappa shape index (κ1) is 29.0. The van der Waals surface area contributed by atoms with E-state index in [0.29, 0.717) is 0 Å². The minimum atomic E-state index is -0.165. The molecular weight excluding hydrogens is 669 g/mol. The van der Waals surface area contributed by atoms with Crippen molar-refractivity contribution in [2.45, 2.75) is 20.8 Å². The van der Waals surface area contributed by atoms with Crippen molar-refractivity contribution in [3.8, 4) is 69.0 Å². The predicted octanol–water partition coefficient (Wildman–Crippen LogP) is 4.79. The maximum Gasteiger partial charge on any atom is 0.260 e. The summed E-state index contributed by atoms with van der Waals surface area (Å²) in [6.07, 6.45) is 0. The van der Waals surface area contributed by atoms with Crippen molar-refractivity contribution in [1.82, 2.24) is 0 Å². The van der Waals surface area contributed by atoms with Crippen LogP contribution >= 0.6 is 0 Å². The van der Waals surface area contributed by atoms with Gasteiger partial charge in [-0.15, -0.1) is 0 Å². The molecule has 0 saturated carbocycles. The normalized spacial score (nSPS) is 14.6. The van der Waals surface area contributed by atoms with Crippen LogP contribution in [0.15, 0.2) is 109 Å². The quantitative estimate of drug-likeness (QED) is 0.213. The van der Waals surface area contributed by atoms with Crippen LogP contribution in [0.3, 0.4) is 0 Å². The molecular formula is C45H27B3O6. The molecule has 7 aromatic carbocycles. The Morgan fingerprint density at radius 3 is 0.889 bits per heavy atom. The fourth-order valence-corrected chi connectivity index (χ4v) is 9.77. The minimum Gasteiger partial charge on any atom is -0.458 e. The molecule has 54 heavy (non-hydrogen) atoms. The number of benzene rings is 7.